The number of nitrogens with two attached hydrogens (primary N) is 1. The van der Waals surface area contributed by atoms with Crippen LogP contribution in [0.5, 0.6) is 0 Å². The van der Waals surface area contributed by atoms with Crippen molar-refractivity contribution < 1.29 is 0 Å². The molecule has 100 valence electrons. The summed E-state index contributed by atoms with van der Waals surface area (Å²) in [5, 5.41) is 0. The quantitative estimate of drug-likeness (QED) is 0.915. The number of nitrogens with zero attached hydrogens (tertiary/aromatic N) is 2. The van der Waals surface area contributed by atoms with Crippen LogP contribution in [0, 0.1) is 5.92 Å². The summed E-state index contributed by atoms with van der Waals surface area (Å²) in [5.74, 6) is 2.96. The van der Waals surface area contributed by atoms with Crippen LogP contribution < -0.4 is 5.73 Å². The minimum absolute atomic E-state index is 0.508. The van der Waals surface area contributed by atoms with E-state index in [0.29, 0.717) is 11.7 Å². The lowest BCUT2D eigenvalue weighted by Gasteiger charge is -2.27. The molecule has 2 rings (SSSR count). The van der Waals surface area contributed by atoms with Crippen LogP contribution in [0.15, 0.2) is 4.47 Å². The van der Waals surface area contributed by atoms with Gasteiger partial charge in [0.2, 0.25) is 0 Å². The van der Waals surface area contributed by atoms with Crippen molar-refractivity contribution in [1.29, 1.82) is 0 Å². The van der Waals surface area contributed by atoms with Gasteiger partial charge in [-0.1, -0.05) is 20.3 Å². The van der Waals surface area contributed by atoms with E-state index in [1.165, 1.54) is 32.1 Å². The molecule has 1 aliphatic rings. The smallest absolute Gasteiger partial charge is 0.141 e. The first kappa shape index (κ1) is 13.8. The third-order valence-electron chi connectivity index (χ3n) is 4.09. The largest absolute Gasteiger partial charge is 0.383 e. The van der Waals surface area contributed by atoms with Crippen molar-refractivity contribution in [3.63, 3.8) is 0 Å². The Hall–Kier alpha value is -0.640. The highest BCUT2D eigenvalue weighted by Gasteiger charge is 2.24. The molecule has 0 saturated heterocycles. The molecule has 0 atom stereocenters. The average molecular weight is 312 g/mol. The van der Waals surface area contributed by atoms with Gasteiger partial charge in [-0.15, -0.1) is 0 Å². The number of nitrogen functional groups attached to an aromatic ring is 1. The van der Waals surface area contributed by atoms with Crippen molar-refractivity contribution in [3.8, 4) is 0 Å². The summed E-state index contributed by atoms with van der Waals surface area (Å²) in [6, 6.07) is 0. The lowest BCUT2D eigenvalue weighted by atomic mass is 9.80. The standard InChI is InChI=1S/C14H22BrN3/c1-3-9-5-7-10(8-6-9)14-17-11(4-2)12(15)13(16)18-14/h9-10H,3-8H2,1-2H3,(H2,16,17,18). The molecule has 18 heavy (non-hydrogen) atoms. The van der Waals surface area contributed by atoms with E-state index in [2.05, 4.69) is 39.7 Å². The molecule has 0 aliphatic heterocycles. The lowest BCUT2D eigenvalue weighted by molar-refractivity contribution is 0.312. The van der Waals surface area contributed by atoms with Gasteiger partial charge in [-0.3, -0.25) is 0 Å². The van der Waals surface area contributed by atoms with E-state index in [0.717, 1.165) is 28.3 Å². The number of hydrogen-bond acceptors (Lipinski definition) is 3. The van der Waals surface area contributed by atoms with Gasteiger partial charge in [0, 0.05) is 5.92 Å². The van der Waals surface area contributed by atoms with Gasteiger partial charge in [0.05, 0.1) is 10.2 Å². The van der Waals surface area contributed by atoms with Crippen molar-refractivity contribution >= 4 is 21.7 Å². The van der Waals surface area contributed by atoms with Gasteiger partial charge in [-0.25, -0.2) is 9.97 Å². The molecule has 4 heteroatoms. The molecule has 0 bridgehead atoms. The molecule has 3 nitrogen and oxygen atoms in total. The first-order valence-electron chi connectivity index (χ1n) is 6.97. The SMILES string of the molecule is CCc1nc(C2CCC(CC)CC2)nc(N)c1Br. The van der Waals surface area contributed by atoms with Crippen LogP contribution in [0.25, 0.3) is 0 Å². The van der Waals surface area contributed by atoms with Crippen LogP contribution in [-0.4, -0.2) is 9.97 Å². The third kappa shape index (κ3) is 2.85. The van der Waals surface area contributed by atoms with Crippen LogP contribution in [0.4, 0.5) is 5.82 Å². The summed E-state index contributed by atoms with van der Waals surface area (Å²) in [6.45, 7) is 4.39. The summed E-state index contributed by atoms with van der Waals surface area (Å²) in [7, 11) is 0. The van der Waals surface area contributed by atoms with Crippen molar-refractivity contribution in [2.45, 2.75) is 58.3 Å². The van der Waals surface area contributed by atoms with E-state index in [1.54, 1.807) is 0 Å². The second kappa shape index (κ2) is 6.00. The minimum atomic E-state index is 0.508. The molecule has 0 aromatic carbocycles. The minimum Gasteiger partial charge on any atom is -0.383 e. The Morgan fingerprint density at radius 1 is 1.17 bits per heavy atom. The summed E-state index contributed by atoms with van der Waals surface area (Å²) in [5.41, 5.74) is 7.00. The Bertz CT molecular complexity index is 412. The monoisotopic (exact) mass is 311 g/mol. The molecule has 1 aromatic rings. The molecule has 0 unspecified atom stereocenters. The molecule has 1 aromatic heterocycles. The van der Waals surface area contributed by atoms with Crippen LogP contribution in [0.1, 0.15) is 63.4 Å². The predicted molar refractivity (Wildman–Crippen MR) is 78.5 cm³/mol. The zero-order valence-corrected chi connectivity index (χ0v) is 12.8. The Kier molecular flexibility index (Phi) is 4.60. The topological polar surface area (TPSA) is 51.8 Å². The number of halogens is 1. The van der Waals surface area contributed by atoms with E-state index in [4.69, 9.17) is 5.73 Å². The Morgan fingerprint density at radius 2 is 1.83 bits per heavy atom. The van der Waals surface area contributed by atoms with Gasteiger partial charge in [0.15, 0.2) is 0 Å². The maximum atomic E-state index is 5.96. The number of hydrogen-bond donors (Lipinski definition) is 1. The Labute approximate surface area is 118 Å². The number of aromatic nitrogens is 2. The Morgan fingerprint density at radius 3 is 2.39 bits per heavy atom. The second-order valence-corrected chi connectivity index (χ2v) is 6.00. The van der Waals surface area contributed by atoms with Gasteiger partial charge in [0.25, 0.3) is 0 Å². The molecule has 0 radical (unpaired) electrons. The maximum absolute atomic E-state index is 5.96. The van der Waals surface area contributed by atoms with Crippen LogP contribution in [0.3, 0.4) is 0 Å². The summed E-state index contributed by atoms with van der Waals surface area (Å²) in [6.07, 6.45) is 7.23. The van der Waals surface area contributed by atoms with Crippen LogP contribution >= 0.6 is 15.9 Å². The highest BCUT2D eigenvalue weighted by Crippen LogP contribution is 2.36. The van der Waals surface area contributed by atoms with E-state index < -0.39 is 0 Å². The number of rotatable bonds is 3. The second-order valence-electron chi connectivity index (χ2n) is 5.21. The Balaban J connectivity index is 2.17. The van der Waals surface area contributed by atoms with Crippen molar-refractivity contribution in [2.75, 3.05) is 5.73 Å². The fourth-order valence-electron chi connectivity index (χ4n) is 2.78. The van der Waals surface area contributed by atoms with E-state index in [9.17, 15) is 0 Å². The molecular weight excluding hydrogens is 290 g/mol. The zero-order valence-electron chi connectivity index (χ0n) is 11.2. The summed E-state index contributed by atoms with van der Waals surface area (Å²) in [4.78, 5) is 9.16. The third-order valence-corrected chi connectivity index (χ3v) is 4.95. The van der Waals surface area contributed by atoms with E-state index in [1.807, 2.05) is 0 Å². The predicted octanol–water partition coefficient (Wildman–Crippen LogP) is 4.07. The first-order valence-corrected chi connectivity index (χ1v) is 7.76. The molecule has 1 heterocycles. The van der Waals surface area contributed by atoms with E-state index >= 15 is 0 Å². The number of anilines is 1. The average Bonchev–Trinajstić information content (AvgIpc) is 2.42. The fourth-order valence-corrected chi connectivity index (χ4v) is 3.24. The van der Waals surface area contributed by atoms with Crippen LogP contribution in [0.2, 0.25) is 0 Å². The van der Waals surface area contributed by atoms with Crippen LogP contribution in [-0.2, 0) is 6.42 Å². The van der Waals surface area contributed by atoms with Gasteiger partial charge in [-0.2, -0.15) is 0 Å². The maximum Gasteiger partial charge on any atom is 0.141 e. The molecule has 1 fully saturated rings. The fraction of sp³-hybridized carbons (Fsp3) is 0.714. The van der Waals surface area contributed by atoms with Crippen molar-refractivity contribution in [1.82, 2.24) is 9.97 Å². The van der Waals surface area contributed by atoms with Gasteiger partial charge < -0.3 is 5.73 Å². The normalized spacial score (nSPS) is 24.2. The zero-order chi connectivity index (χ0) is 13.1. The highest BCUT2D eigenvalue weighted by molar-refractivity contribution is 9.10. The van der Waals surface area contributed by atoms with Gasteiger partial charge in [0.1, 0.15) is 11.6 Å². The van der Waals surface area contributed by atoms with Gasteiger partial charge >= 0.3 is 0 Å². The molecular formula is C14H22BrN3. The number of aryl methyl sites for hydroxylation is 1. The van der Waals surface area contributed by atoms with Crippen molar-refractivity contribution in [2.24, 2.45) is 5.92 Å². The van der Waals surface area contributed by atoms with E-state index in [-0.39, 0.29) is 0 Å². The lowest BCUT2D eigenvalue weighted by Crippen LogP contribution is -2.16. The first-order chi connectivity index (χ1) is 8.65. The highest BCUT2D eigenvalue weighted by atomic mass is 79.9. The molecule has 0 amide bonds. The summed E-state index contributed by atoms with van der Waals surface area (Å²) >= 11 is 3.47. The molecule has 0 spiro atoms. The van der Waals surface area contributed by atoms with Gasteiger partial charge in [-0.05, 0) is 54.0 Å². The molecule has 1 aliphatic carbocycles. The summed E-state index contributed by atoms with van der Waals surface area (Å²) < 4.78 is 0.871. The van der Waals surface area contributed by atoms with Crippen molar-refractivity contribution in [3.05, 3.63) is 16.0 Å². The molecule has 1 saturated carbocycles. The molecule has 2 N–H and O–H groups in total.